The third kappa shape index (κ3) is 41.2. The van der Waals surface area contributed by atoms with Crippen LogP contribution in [0.15, 0.2) is 95.7 Å². The molecule has 8 saturated carbocycles. The molecule has 8 nitrogen and oxygen atoms in total. The standard InChI is InChI=1S/8C10H18O/c1-3-8(2)9-4-6-10(11)7-5-9;1-3-8(2)9-5-4-6-10(11)7-9;1-3-8(2)9-6-4-5-7-10(9)11;1-2-3-6-9-7-4-5-8-10(9)11;2*1-2-3-5-9-6-4-7-10(11)8-9;2*1-2-3-4-9-5-7-10(11)8-6-9/h3*3,9-11H,4-7H2,1-2H3;2-3,9-11H,4-8H2,1H3;3,5,9-11H,2,4,6-8H2,1H3;2-3,9-11H,4-8H2,1H3;3-4,9-11H,2,5-8H2,1H3;2-3,9-11H,4-8H2,1H3/b;;;3-2+;;;;. The first kappa shape index (κ1) is 83.6. The number of allylic oxidation sites excluding steroid dienone is 15. The lowest BCUT2D eigenvalue weighted by Gasteiger charge is -2.28. The van der Waals surface area contributed by atoms with Crippen molar-refractivity contribution in [2.24, 2.45) is 47.3 Å². The second-order valence-electron chi connectivity index (χ2n) is 27.8. The van der Waals surface area contributed by atoms with Gasteiger partial charge in [-0.15, -0.1) is 0 Å². The molecule has 0 amide bonds. The van der Waals surface area contributed by atoms with Gasteiger partial charge in [0.1, 0.15) is 0 Å². The lowest BCUT2D eigenvalue weighted by atomic mass is 9.82. The summed E-state index contributed by atoms with van der Waals surface area (Å²) in [5.41, 5.74) is 4.30. The van der Waals surface area contributed by atoms with E-state index in [-0.39, 0.29) is 48.8 Å². The van der Waals surface area contributed by atoms with Crippen LogP contribution in [0.1, 0.15) is 314 Å². The maximum atomic E-state index is 9.63. The Morgan fingerprint density at radius 1 is 0.318 bits per heavy atom. The van der Waals surface area contributed by atoms with Crippen LogP contribution in [0.25, 0.3) is 0 Å². The van der Waals surface area contributed by atoms with E-state index in [1.165, 1.54) is 139 Å². The Bertz CT molecular complexity index is 1870. The van der Waals surface area contributed by atoms with Crippen molar-refractivity contribution in [3.8, 4) is 0 Å². The van der Waals surface area contributed by atoms with E-state index >= 15 is 0 Å². The first-order valence-electron chi connectivity index (χ1n) is 36.9. The average molecular weight is 1230 g/mol. The van der Waals surface area contributed by atoms with Gasteiger partial charge in [-0.25, -0.2) is 0 Å². The second-order valence-corrected chi connectivity index (χ2v) is 27.8. The van der Waals surface area contributed by atoms with Crippen molar-refractivity contribution >= 4 is 0 Å². The van der Waals surface area contributed by atoms with Gasteiger partial charge in [-0.1, -0.05) is 155 Å². The van der Waals surface area contributed by atoms with Crippen molar-refractivity contribution in [3.05, 3.63) is 95.7 Å². The Morgan fingerprint density at radius 2 is 0.750 bits per heavy atom. The molecule has 10 atom stereocenters. The molecule has 0 aromatic rings. The van der Waals surface area contributed by atoms with Crippen LogP contribution in [0.3, 0.4) is 0 Å². The Kier molecular flexibility index (Phi) is 51.3. The van der Waals surface area contributed by atoms with Gasteiger partial charge < -0.3 is 40.9 Å². The Balaban J connectivity index is 0.000000503. The van der Waals surface area contributed by atoms with Crippen LogP contribution >= 0.6 is 0 Å². The molecular formula is C80H144O8. The zero-order valence-corrected chi connectivity index (χ0v) is 59.0. The third-order valence-electron chi connectivity index (χ3n) is 20.6. The van der Waals surface area contributed by atoms with Gasteiger partial charge >= 0.3 is 0 Å². The molecule has 0 spiro atoms. The molecule has 88 heavy (non-hydrogen) atoms. The van der Waals surface area contributed by atoms with Crippen molar-refractivity contribution < 1.29 is 40.9 Å². The molecule has 512 valence electrons. The lowest BCUT2D eigenvalue weighted by molar-refractivity contribution is 0.0714. The van der Waals surface area contributed by atoms with Gasteiger partial charge in [-0.05, 0) is 296 Å². The molecule has 0 radical (unpaired) electrons. The highest BCUT2D eigenvalue weighted by molar-refractivity contribution is 5.06. The van der Waals surface area contributed by atoms with E-state index in [0.29, 0.717) is 23.7 Å². The topological polar surface area (TPSA) is 162 Å². The highest BCUT2D eigenvalue weighted by Gasteiger charge is 2.26. The molecular weight excluding hydrogens is 1090 g/mol. The Labute approximate surface area is 543 Å². The van der Waals surface area contributed by atoms with Crippen molar-refractivity contribution in [3.63, 3.8) is 0 Å². The molecule has 8 aliphatic rings. The summed E-state index contributed by atoms with van der Waals surface area (Å²) < 4.78 is 0. The molecule has 0 aromatic heterocycles. The van der Waals surface area contributed by atoms with Crippen molar-refractivity contribution in [2.45, 2.75) is 363 Å². The highest BCUT2D eigenvalue weighted by atomic mass is 16.3. The largest absolute Gasteiger partial charge is 0.393 e. The lowest BCUT2D eigenvalue weighted by Crippen LogP contribution is -2.25. The van der Waals surface area contributed by atoms with Crippen molar-refractivity contribution in [1.82, 2.24) is 0 Å². The monoisotopic (exact) mass is 1230 g/mol. The Morgan fingerprint density at radius 3 is 1.24 bits per heavy atom. The first-order chi connectivity index (χ1) is 42.4. The Hall–Kier alpha value is -2.40. The number of hydrogen-bond donors (Lipinski definition) is 8. The van der Waals surface area contributed by atoms with E-state index in [1.54, 1.807) is 0 Å². The summed E-state index contributed by atoms with van der Waals surface area (Å²) in [6.07, 6.45) is 69.9. The predicted molar refractivity (Wildman–Crippen MR) is 379 cm³/mol. The first-order valence-corrected chi connectivity index (χ1v) is 36.9. The molecule has 0 heterocycles. The summed E-state index contributed by atoms with van der Waals surface area (Å²) >= 11 is 0. The van der Waals surface area contributed by atoms with E-state index in [1.807, 2.05) is 6.92 Å². The van der Waals surface area contributed by atoms with Crippen LogP contribution in [0.4, 0.5) is 0 Å². The third-order valence-corrected chi connectivity index (χ3v) is 20.6. The number of aliphatic hydroxyl groups excluding tert-OH is 8. The quantitative estimate of drug-likeness (QED) is 0.0846. The molecule has 0 saturated heterocycles. The van der Waals surface area contributed by atoms with Crippen LogP contribution in [0, 0.1) is 47.3 Å². The van der Waals surface area contributed by atoms with Crippen LogP contribution < -0.4 is 0 Å². The minimum Gasteiger partial charge on any atom is -0.393 e. The zero-order chi connectivity index (χ0) is 65.3. The minimum absolute atomic E-state index is 0.00291. The molecule has 0 aliphatic heterocycles. The molecule has 0 aromatic carbocycles. The maximum Gasteiger partial charge on any atom is 0.0605 e. The number of aliphatic hydroxyl groups is 8. The van der Waals surface area contributed by atoms with E-state index in [9.17, 15) is 40.9 Å². The van der Waals surface area contributed by atoms with Crippen molar-refractivity contribution in [2.75, 3.05) is 0 Å². The molecule has 8 N–H and O–H groups in total. The second kappa shape index (κ2) is 54.0. The number of rotatable bonds is 13. The van der Waals surface area contributed by atoms with Crippen molar-refractivity contribution in [1.29, 1.82) is 0 Å². The van der Waals surface area contributed by atoms with Gasteiger partial charge in [0.05, 0.1) is 48.8 Å². The molecule has 8 aliphatic carbocycles. The van der Waals surface area contributed by atoms with Crippen LogP contribution in [-0.4, -0.2) is 89.7 Å². The van der Waals surface area contributed by atoms with E-state index in [4.69, 9.17) is 0 Å². The molecule has 0 bridgehead atoms. The molecule has 8 fully saturated rings. The smallest absolute Gasteiger partial charge is 0.0605 e. The normalized spacial score (nSPS) is 33.3. The summed E-state index contributed by atoms with van der Waals surface area (Å²) in [5, 5.41) is 75.0. The summed E-state index contributed by atoms with van der Waals surface area (Å²) in [4.78, 5) is 0. The fourth-order valence-electron chi connectivity index (χ4n) is 14.1. The molecule has 8 rings (SSSR count). The highest BCUT2D eigenvalue weighted by Crippen LogP contribution is 2.34. The fourth-order valence-corrected chi connectivity index (χ4v) is 14.1. The fraction of sp³-hybridized carbons (Fsp3) is 0.800. The van der Waals surface area contributed by atoms with Gasteiger partial charge in [0.25, 0.3) is 0 Å². The number of hydrogen-bond acceptors (Lipinski definition) is 8. The van der Waals surface area contributed by atoms with Gasteiger partial charge in [0.2, 0.25) is 0 Å². The summed E-state index contributed by atoms with van der Waals surface area (Å²) in [5.74, 6) is 5.39. The average Bonchev–Trinajstić information content (AvgIpc) is 3.57. The molecule has 10 unspecified atom stereocenters. The van der Waals surface area contributed by atoms with E-state index in [0.717, 1.165) is 139 Å². The van der Waals surface area contributed by atoms with Crippen LogP contribution in [-0.2, 0) is 0 Å². The summed E-state index contributed by atoms with van der Waals surface area (Å²) in [6.45, 7) is 23.2. The predicted octanol–water partition coefficient (Wildman–Crippen LogP) is 20.0. The van der Waals surface area contributed by atoms with Gasteiger partial charge in [-0.3, -0.25) is 0 Å². The molecule has 8 heteroatoms. The maximum absolute atomic E-state index is 9.63. The summed E-state index contributed by atoms with van der Waals surface area (Å²) in [7, 11) is 0. The van der Waals surface area contributed by atoms with Crippen LogP contribution in [0.2, 0.25) is 0 Å². The minimum atomic E-state index is -0.0695. The SMILES string of the molecule is C/C=C/CC1CCCCC1O.CC=C(C)C1CCC(O)CC1.CC=C(C)C1CCCC(O)C1.CC=C(C)C1CCCCC1O.CC=CCC1CCC(O)CC1.CC=CCC1CCCC(O)C1.CCC=CC1CCC(O)CC1.CCC=CC1CCCC(O)C1. The van der Waals surface area contributed by atoms with E-state index < -0.39 is 0 Å². The van der Waals surface area contributed by atoms with Gasteiger partial charge in [0, 0.05) is 5.92 Å². The summed E-state index contributed by atoms with van der Waals surface area (Å²) in [6, 6.07) is 0. The van der Waals surface area contributed by atoms with E-state index in [2.05, 4.69) is 148 Å². The van der Waals surface area contributed by atoms with Crippen LogP contribution in [0.5, 0.6) is 0 Å². The zero-order valence-electron chi connectivity index (χ0n) is 59.0. The van der Waals surface area contributed by atoms with Gasteiger partial charge in [-0.2, -0.15) is 0 Å². The van der Waals surface area contributed by atoms with Gasteiger partial charge in [0.15, 0.2) is 0 Å².